The number of nitrogens with one attached hydrogen (secondary N) is 1. The lowest BCUT2D eigenvalue weighted by atomic mass is 9.47. The van der Waals surface area contributed by atoms with Crippen LogP contribution in [0.1, 0.15) is 45.4 Å². The van der Waals surface area contributed by atoms with Gasteiger partial charge in [0, 0.05) is 18.4 Å². The minimum atomic E-state index is 0.566. The van der Waals surface area contributed by atoms with E-state index in [4.69, 9.17) is 0 Å². The monoisotopic (exact) mass is 273 g/mol. The van der Waals surface area contributed by atoms with Crippen LogP contribution in [0, 0.1) is 23.2 Å². The highest BCUT2D eigenvalue weighted by Gasteiger charge is 2.53. The molecule has 110 valence electrons. The lowest BCUT2D eigenvalue weighted by Gasteiger charge is -2.59. The molecule has 3 heteroatoms. The van der Waals surface area contributed by atoms with Crippen LogP contribution in [-0.4, -0.2) is 22.4 Å². The summed E-state index contributed by atoms with van der Waals surface area (Å²) in [6.07, 6.45) is 13.0. The first-order chi connectivity index (χ1) is 9.77. The lowest BCUT2D eigenvalue weighted by Crippen LogP contribution is -2.57. The summed E-state index contributed by atoms with van der Waals surface area (Å²) in [7, 11) is 0. The molecule has 0 aliphatic heterocycles. The number of aromatic nitrogens is 2. The van der Waals surface area contributed by atoms with Crippen LogP contribution in [0.15, 0.2) is 18.5 Å². The molecule has 0 aromatic carbocycles. The van der Waals surface area contributed by atoms with Crippen molar-refractivity contribution in [2.45, 2.75) is 58.0 Å². The minimum Gasteiger partial charge on any atom is -0.312 e. The summed E-state index contributed by atoms with van der Waals surface area (Å²) < 4.78 is 2.13. The van der Waals surface area contributed by atoms with Gasteiger partial charge in [0.05, 0.1) is 6.54 Å². The quantitative estimate of drug-likeness (QED) is 0.893. The standard InChI is InChI=1S/C17H27N3/c1-2-18-16(12-20-5-3-4-19-20)17-9-13-6-14(10-17)8-15(7-13)11-17/h3-5,13-16,18H,2,6-12H2,1H3. The van der Waals surface area contributed by atoms with Gasteiger partial charge in [0.2, 0.25) is 0 Å². The van der Waals surface area contributed by atoms with Crippen LogP contribution in [0.25, 0.3) is 0 Å². The Morgan fingerprint density at radius 2 is 1.85 bits per heavy atom. The largest absolute Gasteiger partial charge is 0.312 e. The van der Waals surface area contributed by atoms with Gasteiger partial charge in [-0.3, -0.25) is 4.68 Å². The van der Waals surface area contributed by atoms with E-state index in [1.165, 1.54) is 38.5 Å². The predicted octanol–water partition coefficient (Wildman–Crippen LogP) is 3.08. The van der Waals surface area contributed by atoms with Crippen LogP contribution in [0.4, 0.5) is 0 Å². The van der Waals surface area contributed by atoms with E-state index in [9.17, 15) is 0 Å². The summed E-state index contributed by atoms with van der Waals surface area (Å²) in [5.74, 6) is 3.08. The molecule has 0 spiro atoms. The third kappa shape index (κ3) is 2.11. The second-order valence-electron chi connectivity index (χ2n) is 7.62. The Morgan fingerprint density at radius 3 is 2.35 bits per heavy atom. The highest BCUT2D eigenvalue weighted by atomic mass is 15.3. The Labute approximate surface area is 122 Å². The molecule has 1 aromatic heterocycles. The van der Waals surface area contributed by atoms with Gasteiger partial charge in [-0.15, -0.1) is 0 Å². The van der Waals surface area contributed by atoms with Crippen molar-refractivity contribution in [3.8, 4) is 0 Å². The van der Waals surface area contributed by atoms with E-state index in [1.807, 2.05) is 12.3 Å². The second kappa shape index (κ2) is 4.87. The zero-order valence-corrected chi connectivity index (χ0v) is 12.6. The molecular formula is C17H27N3. The molecule has 1 heterocycles. The summed E-state index contributed by atoms with van der Waals surface area (Å²) in [6.45, 7) is 4.37. The van der Waals surface area contributed by atoms with Gasteiger partial charge >= 0.3 is 0 Å². The van der Waals surface area contributed by atoms with E-state index in [1.54, 1.807) is 0 Å². The van der Waals surface area contributed by atoms with Crippen molar-refractivity contribution in [3.05, 3.63) is 18.5 Å². The Balaban J connectivity index is 1.58. The summed E-state index contributed by atoms with van der Waals surface area (Å²) in [5.41, 5.74) is 0.566. The van der Waals surface area contributed by atoms with Crippen molar-refractivity contribution in [1.82, 2.24) is 15.1 Å². The van der Waals surface area contributed by atoms with E-state index in [0.29, 0.717) is 11.5 Å². The van der Waals surface area contributed by atoms with Crippen molar-refractivity contribution in [2.75, 3.05) is 6.54 Å². The topological polar surface area (TPSA) is 29.9 Å². The molecule has 0 radical (unpaired) electrons. The molecule has 20 heavy (non-hydrogen) atoms. The number of rotatable bonds is 5. The average Bonchev–Trinajstić information content (AvgIpc) is 2.89. The van der Waals surface area contributed by atoms with Crippen molar-refractivity contribution < 1.29 is 0 Å². The molecule has 4 aliphatic rings. The van der Waals surface area contributed by atoms with Gasteiger partial charge in [-0.25, -0.2) is 0 Å². The Bertz CT molecular complexity index is 416. The summed E-state index contributed by atoms with van der Waals surface area (Å²) >= 11 is 0. The van der Waals surface area contributed by atoms with Gasteiger partial charge in [-0.05, 0) is 74.3 Å². The van der Waals surface area contributed by atoms with Gasteiger partial charge < -0.3 is 5.32 Å². The van der Waals surface area contributed by atoms with E-state index in [-0.39, 0.29) is 0 Å². The van der Waals surface area contributed by atoms with Crippen molar-refractivity contribution in [1.29, 1.82) is 0 Å². The molecule has 1 N–H and O–H groups in total. The van der Waals surface area contributed by atoms with E-state index < -0.39 is 0 Å². The molecule has 4 saturated carbocycles. The van der Waals surface area contributed by atoms with Crippen molar-refractivity contribution in [3.63, 3.8) is 0 Å². The zero-order chi connectivity index (χ0) is 13.6. The van der Waals surface area contributed by atoms with E-state index >= 15 is 0 Å². The first kappa shape index (κ1) is 12.9. The molecule has 3 nitrogen and oxygen atoms in total. The third-order valence-corrected chi connectivity index (χ3v) is 6.20. The van der Waals surface area contributed by atoms with Crippen LogP contribution in [0.2, 0.25) is 0 Å². The van der Waals surface area contributed by atoms with Crippen molar-refractivity contribution >= 4 is 0 Å². The molecule has 1 unspecified atom stereocenters. The smallest absolute Gasteiger partial charge is 0.0568 e. The Morgan fingerprint density at radius 1 is 1.20 bits per heavy atom. The Hall–Kier alpha value is -0.830. The zero-order valence-electron chi connectivity index (χ0n) is 12.6. The van der Waals surface area contributed by atoms with Crippen LogP contribution in [0.5, 0.6) is 0 Å². The third-order valence-electron chi connectivity index (χ3n) is 6.20. The predicted molar refractivity (Wildman–Crippen MR) is 80.3 cm³/mol. The van der Waals surface area contributed by atoms with Gasteiger partial charge in [0.1, 0.15) is 0 Å². The average molecular weight is 273 g/mol. The molecule has 4 fully saturated rings. The van der Waals surface area contributed by atoms with Gasteiger partial charge in [0.25, 0.3) is 0 Å². The first-order valence-electron chi connectivity index (χ1n) is 8.48. The van der Waals surface area contributed by atoms with Crippen LogP contribution >= 0.6 is 0 Å². The molecule has 0 amide bonds. The second-order valence-corrected chi connectivity index (χ2v) is 7.62. The fourth-order valence-corrected chi connectivity index (χ4v) is 5.92. The SMILES string of the molecule is CCNC(Cn1cccn1)C12CC3CC(CC(C3)C1)C2. The lowest BCUT2D eigenvalue weighted by molar-refractivity contribution is -0.0769. The maximum atomic E-state index is 4.44. The molecule has 0 saturated heterocycles. The van der Waals surface area contributed by atoms with E-state index in [2.05, 4.69) is 28.2 Å². The molecular weight excluding hydrogens is 246 g/mol. The fourth-order valence-electron chi connectivity index (χ4n) is 5.92. The van der Waals surface area contributed by atoms with Gasteiger partial charge in [-0.1, -0.05) is 6.92 Å². The number of hydrogen-bond acceptors (Lipinski definition) is 2. The molecule has 1 aromatic rings. The molecule has 5 rings (SSSR count). The summed E-state index contributed by atoms with van der Waals surface area (Å²) in [4.78, 5) is 0. The van der Waals surface area contributed by atoms with Gasteiger partial charge in [0.15, 0.2) is 0 Å². The first-order valence-corrected chi connectivity index (χ1v) is 8.48. The number of likely N-dealkylation sites (N-methyl/N-ethyl adjacent to an activating group) is 1. The minimum absolute atomic E-state index is 0.566. The normalized spacial score (nSPS) is 40.1. The fraction of sp³-hybridized carbons (Fsp3) is 0.824. The number of hydrogen-bond donors (Lipinski definition) is 1. The highest BCUT2D eigenvalue weighted by molar-refractivity contribution is 5.06. The van der Waals surface area contributed by atoms with Crippen LogP contribution < -0.4 is 5.32 Å². The summed E-state index contributed by atoms with van der Waals surface area (Å²) in [5, 5.41) is 8.26. The Kier molecular flexibility index (Phi) is 3.13. The maximum Gasteiger partial charge on any atom is 0.0568 e. The molecule has 4 aliphatic carbocycles. The molecule has 4 bridgehead atoms. The van der Waals surface area contributed by atoms with Crippen LogP contribution in [0.3, 0.4) is 0 Å². The summed E-state index contributed by atoms with van der Waals surface area (Å²) in [6, 6.07) is 2.66. The number of nitrogens with zero attached hydrogens (tertiary/aromatic N) is 2. The molecule has 1 atom stereocenters. The van der Waals surface area contributed by atoms with Crippen molar-refractivity contribution in [2.24, 2.45) is 23.2 Å². The van der Waals surface area contributed by atoms with Gasteiger partial charge in [-0.2, -0.15) is 5.10 Å². The van der Waals surface area contributed by atoms with Crippen LogP contribution in [-0.2, 0) is 6.54 Å². The maximum absolute atomic E-state index is 4.44. The van der Waals surface area contributed by atoms with E-state index in [0.717, 1.165) is 30.8 Å². The highest BCUT2D eigenvalue weighted by Crippen LogP contribution is 2.61.